The van der Waals surface area contributed by atoms with Gasteiger partial charge in [-0.15, -0.1) is 0 Å². The van der Waals surface area contributed by atoms with Gasteiger partial charge in [-0.1, -0.05) is 20.8 Å². The monoisotopic (exact) mass is 259 g/mol. The van der Waals surface area contributed by atoms with E-state index in [0.29, 0.717) is 25.9 Å². The lowest BCUT2D eigenvalue weighted by atomic mass is 10.1. The quantitative estimate of drug-likeness (QED) is 0.537. The summed E-state index contributed by atoms with van der Waals surface area (Å²) in [4.78, 5) is 22.3. The van der Waals surface area contributed by atoms with Gasteiger partial charge in [-0.25, -0.2) is 5.01 Å². The van der Waals surface area contributed by atoms with E-state index in [-0.39, 0.29) is 17.9 Å². The summed E-state index contributed by atoms with van der Waals surface area (Å²) in [5, 5.41) is 14.5. The number of nitrogens with zero attached hydrogens (tertiary/aromatic N) is 1. The highest BCUT2D eigenvalue weighted by atomic mass is 16.3. The van der Waals surface area contributed by atoms with Crippen LogP contribution in [-0.2, 0) is 9.59 Å². The molecule has 6 nitrogen and oxygen atoms in total. The number of aliphatic hydroxyl groups is 1. The minimum Gasteiger partial charge on any atom is -0.390 e. The van der Waals surface area contributed by atoms with E-state index in [2.05, 4.69) is 10.7 Å². The van der Waals surface area contributed by atoms with E-state index in [9.17, 15) is 14.7 Å². The topological polar surface area (TPSA) is 81.7 Å². The lowest BCUT2D eigenvalue weighted by molar-refractivity contribution is -0.125. The number of nitrogens with one attached hydrogen (secondary N) is 2. The van der Waals surface area contributed by atoms with Crippen molar-refractivity contribution in [2.45, 2.75) is 52.7 Å². The zero-order valence-corrected chi connectivity index (χ0v) is 11.7. The van der Waals surface area contributed by atoms with E-state index < -0.39 is 6.10 Å². The highest BCUT2D eigenvalue weighted by molar-refractivity contribution is 5.75. The second-order valence-electron chi connectivity index (χ2n) is 4.21. The fourth-order valence-corrected chi connectivity index (χ4v) is 1.61. The summed E-state index contributed by atoms with van der Waals surface area (Å²) in [5.41, 5.74) is 2.63. The molecule has 0 aromatic carbocycles. The number of hydrogen-bond acceptors (Lipinski definition) is 4. The fourth-order valence-electron chi connectivity index (χ4n) is 1.61. The molecule has 0 aliphatic heterocycles. The van der Waals surface area contributed by atoms with Gasteiger partial charge in [0.05, 0.1) is 12.1 Å². The van der Waals surface area contributed by atoms with Crippen molar-refractivity contribution in [3.05, 3.63) is 0 Å². The molecule has 2 unspecified atom stereocenters. The molecule has 106 valence electrons. The van der Waals surface area contributed by atoms with Crippen LogP contribution in [0.4, 0.5) is 0 Å². The smallest absolute Gasteiger partial charge is 0.231 e. The number of rotatable bonds is 8. The summed E-state index contributed by atoms with van der Waals surface area (Å²) in [6.07, 6.45) is 0.328. The van der Waals surface area contributed by atoms with Crippen molar-refractivity contribution >= 4 is 11.8 Å². The van der Waals surface area contributed by atoms with Crippen LogP contribution in [0.2, 0.25) is 0 Å². The van der Waals surface area contributed by atoms with Gasteiger partial charge in [-0.2, -0.15) is 0 Å². The summed E-state index contributed by atoms with van der Waals surface area (Å²) in [6.45, 7) is 7.86. The second-order valence-corrected chi connectivity index (χ2v) is 4.21. The Balaban J connectivity index is 4.35. The summed E-state index contributed by atoms with van der Waals surface area (Å²) >= 11 is 0. The first-order valence-corrected chi connectivity index (χ1v) is 6.44. The molecule has 0 aliphatic carbocycles. The normalized spacial score (nSPS) is 14.1. The van der Waals surface area contributed by atoms with Gasteiger partial charge in [-0.05, 0) is 6.42 Å². The molecule has 0 fully saturated rings. The molecule has 0 saturated carbocycles. The van der Waals surface area contributed by atoms with Crippen LogP contribution in [-0.4, -0.2) is 47.2 Å². The van der Waals surface area contributed by atoms with Gasteiger partial charge in [0, 0.05) is 26.4 Å². The Hall–Kier alpha value is -1.14. The minimum atomic E-state index is -0.711. The molecule has 3 N–H and O–H groups in total. The Bertz CT molecular complexity index is 271. The third-order valence-electron chi connectivity index (χ3n) is 2.68. The van der Waals surface area contributed by atoms with Crippen LogP contribution in [0.3, 0.4) is 0 Å². The summed E-state index contributed by atoms with van der Waals surface area (Å²) in [6, 6.07) is -0.291. The Kier molecular flexibility index (Phi) is 8.32. The summed E-state index contributed by atoms with van der Waals surface area (Å²) < 4.78 is 0. The Morgan fingerprint density at radius 3 is 2.28 bits per heavy atom. The molecule has 0 aromatic heterocycles. The highest BCUT2D eigenvalue weighted by Gasteiger charge is 2.21. The second kappa shape index (κ2) is 8.88. The number of aliphatic hydroxyl groups excluding tert-OH is 1. The van der Waals surface area contributed by atoms with Crippen LogP contribution in [0.1, 0.15) is 40.5 Å². The van der Waals surface area contributed by atoms with Crippen molar-refractivity contribution in [1.82, 2.24) is 15.8 Å². The predicted octanol–water partition coefficient (Wildman–Crippen LogP) is 0.0251. The Morgan fingerprint density at radius 2 is 1.89 bits per heavy atom. The van der Waals surface area contributed by atoms with E-state index in [1.54, 1.807) is 11.9 Å². The van der Waals surface area contributed by atoms with Crippen molar-refractivity contribution in [3.63, 3.8) is 0 Å². The highest BCUT2D eigenvalue weighted by Crippen LogP contribution is 2.01. The zero-order chi connectivity index (χ0) is 14.1. The molecule has 0 aliphatic rings. The predicted molar refractivity (Wildman–Crippen MR) is 69.6 cm³/mol. The number of likely N-dealkylation sites (N-methyl/N-ethyl adjacent to an activating group) is 1. The Morgan fingerprint density at radius 1 is 1.28 bits per heavy atom. The van der Waals surface area contributed by atoms with Gasteiger partial charge in [0.25, 0.3) is 0 Å². The molecule has 0 rings (SSSR count). The van der Waals surface area contributed by atoms with Gasteiger partial charge in [0.2, 0.25) is 11.8 Å². The number of hydrogen-bond donors (Lipinski definition) is 3. The fraction of sp³-hybridized carbons (Fsp3) is 0.833. The molecule has 0 heterocycles. The standard InChI is InChI=1S/C12H25N3O3/c1-5-10(13-12(18)6-2)11(17)8-15(7-3)14-9(4)16/h10-11,17H,5-8H2,1-4H3,(H,13,18)(H,14,16). The third-order valence-corrected chi connectivity index (χ3v) is 2.68. The van der Waals surface area contributed by atoms with Crippen molar-refractivity contribution < 1.29 is 14.7 Å². The first-order valence-electron chi connectivity index (χ1n) is 6.44. The molecule has 18 heavy (non-hydrogen) atoms. The molecule has 0 spiro atoms. The lowest BCUT2D eigenvalue weighted by Gasteiger charge is -2.28. The molecular formula is C12H25N3O3. The number of hydrazine groups is 1. The van der Waals surface area contributed by atoms with Crippen molar-refractivity contribution in [1.29, 1.82) is 0 Å². The van der Waals surface area contributed by atoms with Gasteiger partial charge in [0.15, 0.2) is 0 Å². The lowest BCUT2D eigenvalue weighted by Crippen LogP contribution is -2.51. The molecule has 0 saturated heterocycles. The van der Waals surface area contributed by atoms with Crippen molar-refractivity contribution in [3.8, 4) is 0 Å². The number of carbonyl (C=O) groups excluding carboxylic acids is 2. The average molecular weight is 259 g/mol. The van der Waals surface area contributed by atoms with Crippen LogP contribution in [0.15, 0.2) is 0 Å². The molecule has 0 aromatic rings. The van der Waals surface area contributed by atoms with E-state index in [1.807, 2.05) is 13.8 Å². The van der Waals surface area contributed by atoms with Crippen LogP contribution in [0.25, 0.3) is 0 Å². The molecule has 0 bridgehead atoms. The van der Waals surface area contributed by atoms with Gasteiger partial charge in [0.1, 0.15) is 0 Å². The van der Waals surface area contributed by atoms with Crippen molar-refractivity contribution in [2.75, 3.05) is 13.1 Å². The summed E-state index contributed by atoms with van der Waals surface area (Å²) in [7, 11) is 0. The minimum absolute atomic E-state index is 0.0801. The van der Waals surface area contributed by atoms with Crippen LogP contribution < -0.4 is 10.7 Å². The van der Waals surface area contributed by atoms with Gasteiger partial charge >= 0.3 is 0 Å². The van der Waals surface area contributed by atoms with Crippen LogP contribution in [0, 0.1) is 0 Å². The van der Waals surface area contributed by atoms with Gasteiger partial charge in [-0.3, -0.25) is 15.0 Å². The first-order chi connectivity index (χ1) is 8.44. The molecule has 2 atom stereocenters. The van der Waals surface area contributed by atoms with Crippen molar-refractivity contribution in [2.24, 2.45) is 0 Å². The first kappa shape index (κ1) is 16.9. The number of amides is 2. The maximum atomic E-state index is 11.3. The van der Waals surface area contributed by atoms with Gasteiger partial charge < -0.3 is 10.4 Å². The molecule has 2 amide bonds. The Labute approximate surface area is 109 Å². The SMILES string of the molecule is CCC(=O)NC(CC)C(O)CN(CC)NC(C)=O. The van der Waals surface area contributed by atoms with E-state index in [1.165, 1.54) is 6.92 Å². The van der Waals surface area contributed by atoms with E-state index >= 15 is 0 Å². The van der Waals surface area contributed by atoms with Crippen LogP contribution >= 0.6 is 0 Å². The molecule has 0 radical (unpaired) electrons. The third kappa shape index (κ3) is 6.56. The largest absolute Gasteiger partial charge is 0.390 e. The maximum absolute atomic E-state index is 11.3. The van der Waals surface area contributed by atoms with E-state index in [0.717, 1.165) is 0 Å². The molecule has 6 heteroatoms. The average Bonchev–Trinajstić information content (AvgIpc) is 2.33. The van der Waals surface area contributed by atoms with Crippen LogP contribution in [0.5, 0.6) is 0 Å². The zero-order valence-electron chi connectivity index (χ0n) is 11.7. The van der Waals surface area contributed by atoms with E-state index in [4.69, 9.17) is 0 Å². The molecular weight excluding hydrogens is 234 g/mol. The number of carbonyl (C=O) groups is 2. The summed E-state index contributed by atoms with van der Waals surface area (Å²) in [5.74, 6) is -0.252. The maximum Gasteiger partial charge on any atom is 0.231 e.